The summed E-state index contributed by atoms with van der Waals surface area (Å²) in [5, 5.41) is 23.5. The first-order valence-corrected chi connectivity index (χ1v) is 8.88. The minimum absolute atomic E-state index is 0.0250. The van der Waals surface area contributed by atoms with E-state index in [0.29, 0.717) is 12.8 Å². The molecule has 2 rings (SSSR count). The second kappa shape index (κ2) is 8.58. The van der Waals surface area contributed by atoms with E-state index in [2.05, 4.69) is 5.32 Å². The van der Waals surface area contributed by atoms with Gasteiger partial charge < -0.3 is 29.7 Å². The number of ether oxygens (including phenoxy) is 3. The van der Waals surface area contributed by atoms with E-state index in [9.17, 15) is 15.0 Å². The summed E-state index contributed by atoms with van der Waals surface area (Å²) in [4.78, 5) is 11.5. The van der Waals surface area contributed by atoms with Gasteiger partial charge in [0.15, 0.2) is 18.4 Å². The van der Waals surface area contributed by atoms with Crippen LogP contribution in [0, 0.1) is 11.8 Å². The zero-order chi connectivity index (χ0) is 17.7. The van der Waals surface area contributed by atoms with Crippen molar-refractivity contribution in [3.63, 3.8) is 0 Å². The first kappa shape index (κ1) is 19.6. The smallest absolute Gasteiger partial charge is 0.245 e. The number of hydrogen-bond donors (Lipinski definition) is 3. The van der Waals surface area contributed by atoms with Gasteiger partial charge in [-0.15, -0.1) is 0 Å². The predicted molar refractivity (Wildman–Crippen MR) is 86.8 cm³/mol. The van der Waals surface area contributed by atoms with E-state index in [-0.39, 0.29) is 24.3 Å². The third-order valence-corrected chi connectivity index (χ3v) is 4.99. The van der Waals surface area contributed by atoms with Crippen LogP contribution in [0.15, 0.2) is 0 Å². The van der Waals surface area contributed by atoms with E-state index in [4.69, 9.17) is 14.2 Å². The van der Waals surface area contributed by atoms with Gasteiger partial charge in [-0.05, 0) is 32.1 Å². The van der Waals surface area contributed by atoms with Crippen LogP contribution in [0.25, 0.3) is 0 Å². The standard InChI is InChI=1S/C17H31NO6/c1-11-6-4-5-7-12-8-9-17(2,21)24-16(14(12)20)23-15(11)22-10-13(19)18-3/h11-12,14-16,20-21H,4-10H2,1-3H3,(H,18,19). The highest BCUT2D eigenvalue weighted by molar-refractivity contribution is 5.76. The number of rotatable bonds is 3. The van der Waals surface area contributed by atoms with Gasteiger partial charge in [-0.2, -0.15) is 0 Å². The number of aliphatic hydroxyl groups is 2. The molecule has 140 valence electrons. The molecule has 3 N–H and O–H groups in total. The van der Waals surface area contributed by atoms with Crippen LogP contribution in [-0.2, 0) is 19.0 Å². The normalized spacial score (nSPS) is 41.3. The van der Waals surface area contributed by atoms with Gasteiger partial charge in [0.25, 0.3) is 0 Å². The topological polar surface area (TPSA) is 97.3 Å². The summed E-state index contributed by atoms with van der Waals surface area (Å²) in [7, 11) is 1.54. The van der Waals surface area contributed by atoms with Crippen LogP contribution in [0.4, 0.5) is 0 Å². The Morgan fingerprint density at radius 1 is 1.33 bits per heavy atom. The Hall–Kier alpha value is -0.730. The molecule has 7 nitrogen and oxygen atoms in total. The maximum absolute atomic E-state index is 11.5. The third-order valence-electron chi connectivity index (χ3n) is 4.99. The number of carbonyl (C=O) groups excluding carboxylic acids is 1. The molecule has 2 heterocycles. The van der Waals surface area contributed by atoms with Crippen LogP contribution in [0.1, 0.15) is 52.4 Å². The minimum atomic E-state index is -1.34. The third kappa shape index (κ3) is 5.39. The van der Waals surface area contributed by atoms with Gasteiger partial charge in [0.05, 0.1) is 0 Å². The number of fused-ring (bicyclic) bond motifs is 2. The van der Waals surface area contributed by atoms with Gasteiger partial charge in [0, 0.05) is 19.4 Å². The molecule has 6 unspecified atom stereocenters. The molecule has 2 aliphatic heterocycles. The number of likely N-dealkylation sites (N-methyl/N-ethyl adjacent to an activating group) is 1. The van der Waals surface area contributed by atoms with E-state index in [1.165, 1.54) is 0 Å². The molecule has 6 atom stereocenters. The van der Waals surface area contributed by atoms with Crippen LogP contribution >= 0.6 is 0 Å². The molecule has 7 heteroatoms. The van der Waals surface area contributed by atoms with Crippen molar-refractivity contribution in [2.75, 3.05) is 13.7 Å². The molecule has 2 aliphatic rings. The number of aliphatic hydroxyl groups excluding tert-OH is 1. The highest BCUT2D eigenvalue weighted by Gasteiger charge is 2.41. The van der Waals surface area contributed by atoms with E-state index in [1.807, 2.05) is 6.92 Å². The summed E-state index contributed by atoms with van der Waals surface area (Å²) in [6.45, 7) is 3.46. The van der Waals surface area contributed by atoms with Crippen molar-refractivity contribution in [3.05, 3.63) is 0 Å². The van der Waals surface area contributed by atoms with Gasteiger partial charge >= 0.3 is 0 Å². The molecule has 0 aliphatic carbocycles. The van der Waals surface area contributed by atoms with Gasteiger partial charge in [-0.1, -0.05) is 19.8 Å². The van der Waals surface area contributed by atoms with Crippen LogP contribution in [0.2, 0.25) is 0 Å². The first-order valence-electron chi connectivity index (χ1n) is 8.88. The average Bonchev–Trinajstić information content (AvgIpc) is 2.63. The zero-order valence-corrected chi connectivity index (χ0v) is 14.9. The molecule has 0 spiro atoms. The van der Waals surface area contributed by atoms with Crippen molar-refractivity contribution >= 4 is 5.91 Å². The molecule has 0 aromatic heterocycles. The SMILES string of the molecule is CNC(=O)COC1OC2OC(C)(O)CCC(CCCCC1C)C2O. The number of carbonyl (C=O) groups is 1. The molecule has 1 amide bonds. The summed E-state index contributed by atoms with van der Waals surface area (Å²) in [6, 6.07) is 0. The Balaban J connectivity index is 2.14. The lowest BCUT2D eigenvalue weighted by Crippen LogP contribution is -2.45. The summed E-state index contributed by atoms with van der Waals surface area (Å²) in [5.74, 6) is -1.51. The van der Waals surface area contributed by atoms with Gasteiger partial charge in [-0.3, -0.25) is 4.79 Å². The van der Waals surface area contributed by atoms with Crippen molar-refractivity contribution in [2.24, 2.45) is 11.8 Å². The fraction of sp³-hybridized carbons (Fsp3) is 0.941. The van der Waals surface area contributed by atoms with Gasteiger partial charge in [-0.25, -0.2) is 0 Å². The number of amides is 1. The van der Waals surface area contributed by atoms with Crippen LogP contribution in [0.3, 0.4) is 0 Å². The fourth-order valence-electron chi connectivity index (χ4n) is 3.36. The molecule has 24 heavy (non-hydrogen) atoms. The fourth-order valence-corrected chi connectivity index (χ4v) is 3.36. The van der Waals surface area contributed by atoms with E-state index in [1.54, 1.807) is 14.0 Å². The lowest BCUT2D eigenvalue weighted by atomic mass is 9.89. The van der Waals surface area contributed by atoms with Gasteiger partial charge in [0.2, 0.25) is 5.91 Å². The molecule has 0 aromatic rings. The van der Waals surface area contributed by atoms with E-state index in [0.717, 1.165) is 25.7 Å². The maximum atomic E-state index is 11.5. The van der Waals surface area contributed by atoms with Crippen molar-refractivity contribution in [1.29, 1.82) is 0 Å². The summed E-state index contributed by atoms with van der Waals surface area (Å²) >= 11 is 0. The highest BCUT2D eigenvalue weighted by Crippen LogP contribution is 2.35. The molecule has 0 aromatic carbocycles. The Labute approximate surface area is 143 Å². The first-order chi connectivity index (χ1) is 11.3. The van der Waals surface area contributed by atoms with Crippen molar-refractivity contribution < 1.29 is 29.2 Å². The quantitative estimate of drug-likeness (QED) is 0.709. The lowest BCUT2D eigenvalue weighted by molar-refractivity contribution is -0.343. The zero-order valence-electron chi connectivity index (χ0n) is 14.9. The van der Waals surface area contributed by atoms with Crippen LogP contribution in [0.5, 0.6) is 0 Å². The number of nitrogens with one attached hydrogen (secondary N) is 1. The molecule has 2 bridgehead atoms. The van der Waals surface area contributed by atoms with Crippen molar-refractivity contribution in [1.82, 2.24) is 5.32 Å². The maximum Gasteiger partial charge on any atom is 0.245 e. The summed E-state index contributed by atoms with van der Waals surface area (Å²) < 4.78 is 17.1. The highest BCUT2D eigenvalue weighted by atomic mass is 16.8. The molecular formula is C17H31NO6. The summed E-state index contributed by atoms with van der Waals surface area (Å²) in [6.07, 6.45) is 2.48. The minimum Gasteiger partial charge on any atom is -0.388 e. The van der Waals surface area contributed by atoms with E-state index < -0.39 is 24.5 Å². The molecule has 0 radical (unpaired) electrons. The van der Waals surface area contributed by atoms with Crippen LogP contribution in [-0.4, -0.2) is 54.2 Å². The predicted octanol–water partition coefficient (Wildman–Crippen LogP) is 1.12. The Kier molecular flexibility index (Phi) is 7.00. The van der Waals surface area contributed by atoms with E-state index >= 15 is 0 Å². The average molecular weight is 345 g/mol. The largest absolute Gasteiger partial charge is 0.388 e. The Morgan fingerprint density at radius 2 is 2.04 bits per heavy atom. The molecule has 2 fully saturated rings. The Morgan fingerprint density at radius 3 is 2.75 bits per heavy atom. The van der Waals surface area contributed by atoms with Crippen molar-refractivity contribution in [2.45, 2.75) is 76.8 Å². The number of hydrogen-bond acceptors (Lipinski definition) is 6. The Bertz CT molecular complexity index is 416. The second-order valence-electron chi connectivity index (χ2n) is 7.20. The van der Waals surface area contributed by atoms with Crippen LogP contribution < -0.4 is 5.32 Å². The van der Waals surface area contributed by atoms with Gasteiger partial charge in [0.1, 0.15) is 12.7 Å². The second-order valence-corrected chi connectivity index (χ2v) is 7.20. The van der Waals surface area contributed by atoms with Crippen molar-refractivity contribution in [3.8, 4) is 0 Å². The summed E-state index contributed by atoms with van der Waals surface area (Å²) in [5.41, 5.74) is 0. The molecular weight excluding hydrogens is 314 g/mol. The molecule has 2 saturated heterocycles. The lowest BCUT2D eigenvalue weighted by Gasteiger charge is -2.35. The molecule has 0 saturated carbocycles. The monoisotopic (exact) mass is 345 g/mol.